The van der Waals surface area contributed by atoms with Gasteiger partial charge in [-0.05, 0) is 53.4 Å². The number of nitrogens with one attached hydrogen (secondary N) is 1. The molecular formula is C16H20BrN3O. The molecular weight excluding hydrogens is 330 g/mol. The van der Waals surface area contributed by atoms with E-state index in [-0.39, 0.29) is 6.04 Å². The lowest BCUT2D eigenvalue weighted by molar-refractivity contribution is 0.411. The van der Waals surface area contributed by atoms with E-state index in [2.05, 4.69) is 49.9 Å². The van der Waals surface area contributed by atoms with Crippen LogP contribution in [0.4, 0.5) is 0 Å². The summed E-state index contributed by atoms with van der Waals surface area (Å²) in [6.45, 7) is 3.01. The van der Waals surface area contributed by atoms with Gasteiger partial charge in [-0.1, -0.05) is 6.07 Å². The lowest BCUT2D eigenvalue weighted by atomic mass is 10.1. The Balaban J connectivity index is 1.64. The van der Waals surface area contributed by atoms with Crippen molar-refractivity contribution in [1.82, 2.24) is 14.9 Å². The molecule has 1 saturated carbocycles. The van der Waals surface area contributed by atoms with Crippen molar-refractivity contribution in [2.75, 3.05) is 7.11 Å². The van der Waals surface area contributed by atoms with Gasteiger partial charge in [-0.15, -0.1) is 0 Å². The molecule has 0 bridgehead atoms. The Hall–Kier alpha value is -1.33. The van der Waals surface area contributed by atoms with Gasteiger partial charge in [0.15, 0.2) is 0 Å². The fourth-order valence-electron chi connectivity index (χ4n) is 2.48. The molecule has 3 rings (SSSR count). The number of aromatic nitrogens is 2. The van der Waals surface area contributed by atoms with Crippen LogP contribution in [0.1, 0.15) is 43.1 Å². The van der Waals surface area contributed by atoms with Gasteiger partial charge in [0.2, 0.25) is 0 Å². The Labute approximate surface area is 133 Å². The summed E-state index contributed by atoms with van der Waals surface area (Å²) < 4.78 is 8.55. The second-order valence-electron chi connectivity index (χ2n) is 5.52. The van der Waals surface area contributed by atoms with E-state index in [1.807, 2.05) is 18.6 Å². The zero-order chi connectivity index (χ0) is 14.8. The zero-order valence-electron chi connectivity index (χ0n) is 12.3. The number of methoxy groups -OCH3 is 1. The first-order chi connectivity index (χ1) is 10.2. The van der Waals surface area contributed by atoms with Crippen LogP contribution in [-0.4, -0.2) is 16.7 Å². The molecule has 21 heavy (non-hydrogen) atoms. The third-order valence-electron chi connectivity index (χ3n) is 3.95. The zero-order valence-corrected chi connectivity index (χ0v) is 13.9. The standard InChI is InChI=1S/C16H20BrN3O/c1-11(12-3-6-16(21-2)15(17)7-12)19-9-14-8-18-10-20(14)13-4-5-13/h3,6-8,10-11,13,19H,4-5,9H2,1-2H3. The SMILES string of the molecule is COc1ccc(C(C)NCc2cncn2C2CC2)cc1Br. The van der Waals surface area contributed by atoms with Crippen molar-refractivity contribution >= 4 is 15.9 Å². The summed E-state index contributed by atoms with van der Waals surface area (Å²) in [5.74, 6) is 0.859. The average molecular weight is 350 g/mol. The van der Waals surface area contributed by atoms with Crippen molar-refractivity contribution in [3.8, 4) is 5.75 Å². The van der Waals surface area contributed by atoms with Gasteiger partial charge in [0.25, 0.3) is 0 Å². The van der Waals surface area contributed by atoms with Gasteiger partial charge < -0.3 is 14.6 Å². The number of imidazole rings is 1. The van der Waals surface area contributed by atoms with Crippen LogP contribution in [0, 0.1) is 0 Å². The van der Waals surface area contributed by atoms with E-state index < -0.39 is 0 Å². The first-order valence-electron chi connectivity index (χ1n) is 7.26. The van der Waals surface area contributed by atoms with Crippen molar-refractivity contribution < 1.29 is 4.74 Å². The maximum atomic E-state index is 5.27. The van der Waals surface area contributed by atoms with Gasteiger partial charge in [0.1, 0.15) is 5.75 Å². The predicted octanol–water partition coefficient (Wildman–Crippen LogP) is 3.84. The Morgan fingerprint density at radius 1 is 1.48 bits per heavy atom. The molecule has 1 aliphatic carbocycles. The Morgan fingerprint density at radius 2 is 2.29 bits per heavy atom. The monoisotopic (exact) mass is 349 g/mol. The molecule has 1 atom stereocenters. The van der Waals surface area contributed by atoms with Crippen LogP contribution in [-0.2, 0) is 6.54 Å². The van der Waals surface area contributed by atoms with Gasteiger partial charge in [-0.25, -0.2) is 4.98 Å². The van der Waals surface area contributed by atoms with Crippen LogP contribution in [0.15, 0.2) is 35.2 Å². The topological polar surface area (TPSA) is 39.1 Å². The van der Waals surface area contributed by atoms with Gasteiger partial charge in [0.05, 0.1) is 23.6 Å². The predicted molar refractivity (Wildman–Crippen MR) is 86.4 cm³/mol. The second kappa shape index (κ2) is 6.20. The van der Waals surface area contributed by atoms with Crippen molar-refractivity contribution in [2.24, 2.45) is 0 Å². The normalized spacial score (nSPS) is 16.0. The maximum absolute atomic E-state index is 5.27. The van der Waals surface area contributed by atoms with Crippen molar-refractivity contribution in [1.29, 1.82) is 0 Å². The van der Waals surface area contributed by atoms with E-state index >= 15 is 0 Å². The van der Waals surface area contributed by atoms with Crippen molar-refractivity contribution in [2.45, 2.75) is 38.4 Å². The first-order valence-corrected chi connectivity index (χ1v) is 8.06. The molecule has 0 amide bonds. The number of hydrogen-bond donors (Lipinski definition) is 1. The molecule has 0 radical (unpaired) electrons. The Kier molecular flexibility index (Phi) is 4.31. The van der Waals surface area contributed by atoms with E-state index in [0.29, 0.717) is 6.04 Å². The van der Waals surface area contributed by atoms with E-state index in [4.69, 9.17) is 4.74 Å². The molecule has 4 nitrogen and oxygen atoms in total. The highest BCUT2D eigenvalue weighted by Gasteiger charge is 2.25. The van der Waals surface area contributed by atoms with Crippen LogP contribution in [0.2, 0.25) is 0 Å². The van der Waals surface area contributed by atoms with Crippen LogP contribution >= 0.6 is 15.9 Å². The highest BCUT2D eigenvalue weighted by molar-refractivity contribution is 9.10. The largest absolute Gasteiger partial charge is 0.496 e. The maximum Gasteiger partial charge on any atom is 0.133 e. The molecule has 1 aromatic heterocycles. The van der Waals surface area contributed by atoms with E-state index in [0.717, 1.165) is 16.8 Å². The average Bonchev–Trinajstić information content (AvgIpc) is 3.23. The molecule has 112 valence electrons. The molecule has 1 N–H and O–H groups in total. The number of benzene rings is 1. The van der Waals surface area contributed by atoms with E-state index in [1.54, 1.807) is 7.11 Å². The number of halogens is 1. The summed E-state index contributed by atoms with van der Waals surface area (Å²) in [5, 5.41) is 3.57. The fraction of sp³-hybridized carbons (Fsp3) is 0.438. The molecule has 5 heteroatoms. The number of rotatable bonds is 6. The number of hydrogen-bond acceptors (Lipinski definition) is 3. The van der Waals surface area contributed by atoms with E-state index in [9.17, 15) is 0 Å². The van der Waals surface area contributed by atoms with Crippen LogP contribution in [0.3, 0.4) is 0 Å². The second-order valence-corrected chi connectivity index (χ2v) is 6.37. The van der Waals surface area contributed by atoms with Crippen molar-refractivity contribution in [3.05, 3.63) is 46.5 Å². The quantitative estimate of drug-likeness (QED) is 0.860. The van der Waals surface area contributed by atoms with Gasteiger partial charge >= 0.3 is 0 Å². The lowest BCUT2D eigenvalue weighted by Gasteiger charge is -2.16. The van der Waals surface area contributed by atoms with Gasteiger partial charge in [0, 0.05) is 24.8 Å². The molecule has 0 saturated heterocycles. The lowest BCUT2D eigenvalue weighted by Crippen LogP contribution is -2.19. The molecule has 0 aliphatic heterocycles. The molecule has 1 heterocycles. The summed E-state index contributed by atoms with van der Waals surface area (Å²) in [5.41, 5.74) is 2.50. The molecule has 1 fully saturated rings. The van der Waals surface area contributed by atoms with Gasteiger partial charge in [-0.3, -0.25) is 0 Å². The van der Waals surface area contributed by atoms with Crippen LogP contribution < -0.4 is 10.1 Å². The molecule has 1 unspecified atom stereocenters. The highest BCUT2D eigenvalue weighted by atomic mass is 79.9. The van der Waals surface area contributed by atoms with Gasteiger partial charge in [-0.2, -0.15) is 0 Å². The number of nitrogens with zero attached hydrogens (tertiary/aromatic N) is 2. The van der Waals surface area contributed by atoms with Crippen LogP contribution in [0.25, 0.3) is 0 Å². The van der Waals surface area contributed by atoms with Crippen molar-refractivity contribution in [3.63, 3.8) is 0 Å². The first kappa shape index (κ1) is 14.6. The smallest absolute Gasteiger partial charge is 0.133 e. The Bertz CT molecular complexity index is 622. The molecule has 1 aromatic carbocycles. The fourth-order valence-corrected chi connectivity index (χ4v) is 3.04. The third-order valence-corrected chi connectivity index (χ3v) is 4.57. The highest BCUT2D eigenvalue weighted by Crippen LogP contribution is 2.35. The number of ether oxygens (including phenoxy) is 1. The third kappa shape index (κ3) is 3.30. The summed E-state index contributed by atoms with van der Waals surface area (Å²) in [7, 11) is 1.68. The van der Waals surface area contributed by atoms with E-state index in [1.165, 1.54) is 24.1 Å². The summed E-state index contributed by atoms with van der Waals surface area (Å²) in [4.78, 5) is 4.27. The Morgan fingerprint density at radius 3 is 2.95 bits per heavy atom. The minimum atomic E-state index is 0.273. The minimum Gasteiger partial charge on any atom is -0.496 e. The minimum absolute atomic E-state index is 0.273. The summed E-state index contributed by atoms with van der Waals surface area (Å²) in [6, 6.07) is 7.14. The molecule has 1 aliphatic rings. The summed E-state index contributed by atoms with van der Waals surface area (Å²) >= 11 is 3.54. The molecule has 2 aromatic rings. The molecule has 0 spiro atoms. The van der Waals surface area contributed by atoms with Crippen LogP contribution in [0.5, 0.6) is 5.75 Å². The summed E-state index contributed by atoms with van der Waals surface area (Å²) in [6.07, 6.45) is 6.47.